The molecule has 0 saturated carbocycles. The summed E-state index contributed by atoms with van der Waals surface area (Å²) < 4.78 is 41.7. The Morgan fingerprint density at radius 1 is 1.29 bits per heavy atom. The van der Waals surface area contributed by atoms with Crippen molar-refractivity contribution in [2.75, 3.05) is 7.05 Å². The van der Waals surface area contributed by atoms with Crippen LogP contribution in [0.4, 0.5) is 4.39 Å². The molecule has 0 aliphatic rings. The third kappa shape index (κ3) is 2.98. The van der Waals surface area contributed by atoms with Gasteiger partial charge >= 0.3 is 0 Å². The zero-order valence-electron chi connectivity index (χ0n) is 12.5. The zero-order chi connectivity index (χ0) is 15.8. The van der Waals surface area contributed by atoms with Crippen molar-refractivity contribution in [2.45, 2.75) is 25.3 Å². The maximum Gasteiger partial charge on any atom is 0.243 e. The number of nitrogens with zero attached hydrogens (tertiary/aromatic N) is 3. The van der Waals surface area contributed by atoms with Gasteiger partial charge in [-0.15, -0.1) is 0 Å². The molecule has 2 rings (SSSR count). The molecule has 0 radical (unpaired) electrons. The molecule has 1 heterocycles. The number of halogens is 1. The first-order valence-corrected chi connectivity index (χ1v) is 7.86. The third-order valence-corrected chi connectivity index (χ3v) is 5.49. The van der Waals surface area contributed by atoms with E-state index in [9.17, 15) is 12.8 Å². The van der Waals surface area contributed by atoms with E-state index >= 15 is 0 Å². The molecule has 0 aliphatic heterocycles. The van der Waals surface area contributed by atoms with Gasteiger partial charge < -0.3 is 4.57 Å². The number of aromatic nitrogens is 2. The van der Waals surface area contributed by atoms with Crippen LogP contribution in [-0.2, 0) is 23.6 Å². The van der Waals surface area contributed by atoms with Gasteiger partial charge in [-0.25, -0.2) is 17.8 Å². The Kier molecular flexibility index (Phi) is 4.15. The summed E-state index contributed by atoms with van der Waals surface area (Å²) in [6, 6.07) is 2.46. The minimum Gasteiger partial charge on any atom is -0.337 e. The average Bonchev–Trinajstić information content (AvgIpc) is 2.73. The second-order valence-electron chi connectivity index (χ2n) is 5.08. The van der Waals surface area contributed by atoms with E-state index in [1.165, 1.54) is 23.5 Å². The Labute approximate surface area is 124 Å². The van der Waals surface area contributed by atoms with Crippen LogP contribution in [0.25, 0.3) is 0 Å². The summed E-state index contributed by atoms with van der Waals surface area (Å²) in [4.78, 5) is 4.27. The van der Waals surface area contributed by atoms with Crippen LogP contribution in [0, 0.1) is 19.7 Å². The Balaban J connectivity index is 2.40. The Morgan fingerprint density at radius 3 is 2.33 bits per heavy atom. The number of sulfonamides is 1. The van der Waals surface area contributed by atoms with Crippen molar-refractivity contribution in [1.82, 2.24) is 13.9 Å². The van der Waals surface area contributed by atoms with Crippen LogP contribution in [0.2, 0.25) is 0 Å². The van der Waals surface area contributed by atoms with Crippen molar-refractivity contribution in [3.63, 3.8) is 0 Å². The van der Waals surface area contributed by atoms with E-state index in [-0.39, 0.29) is 11.4 Å². The van der Waals surface area contributed by atoms with Gasteiger partial charge in [0.25, 0.3) is 0 Å². The molecule has 7 heteroatoms. The van der Waals surface area contributed by atoms with Crippen LogP contribution in [-0.4, -0.2) is 29.3 Å². The first kappa shape index (κ1) is 15.7. The van der Waals surface area contributed by atoms with Gasteiger partial charge in [-0.05, 0) is 37.1 Å². The van der Waals surface area contributed by atoms with Gasteiger partial charge in [-0.3, -0.25) is 0 Å². The smallest absolute Gasteiger partial charge is 0.243 e. The maximum absolute atomic E-state index is 13.3. The minimum absolute atomic E-state index is 0.153. The summed E-state index contributed by atoms with van der Waals surface area (Å²) in [7, 11) is -0.402. The number of hydrogen-bond donors (Lipinski definition) is 0. The normalized spacial score (nSPS) is 12.1. The number of benzene rings is 1. The molecule has 0 aliphatic carbocycles. The van der Waals surface area contributed by atoms with E-state index in [1.807, 2.05) is 0 Å². The number of hydrogen-bond acceptors (Lipinski definition) is 3. The molecule has 1 aromatic heterocycles. The second-order valence-corrected chi connectivity index (χ2v) is 7.07. The number of imidazole rings is 1. The molecule has 5 nitrogen and oxygen atoms in total. The van der Waals surface area contributed by atoms with Crippen LogP contribution in [0.15, 0.2) is 29.4 Å². The van der Waals surface area contributed by atoms with E-state index in [4.69, 9.17) is 0 Å². The van der Waals surface area contributed by atoms with Gasteiger partial charge in [-0.1, -0.05) is 0 Å². The predicted molar refractivity (Wildman–Crippen MR) is 77.7 cm³/mol. The molecule has 1 aromatic carbocycles. The van der Waals surface area contributed by atoms with Crippen LogP contribution in [0.5, 0.6) is 0 Å². The monoisotopic (exact) mass is 311 g/mol. The van der Waals surface area contributed by atoms with Gasteiger partial charge in [-0.2, -0.15) is 4.31 Å². The lowest BCUT2D eigenvalue weighted by Crippen LogP contribution is -2.29. The lowest BCUT2D eigenvalue weighted by atomic mass is 10.1. The van der Waals surface area contributed by atoms with E-state index in [2.05, 4.69) is 4.98 Å². The minimum atomic E-state index is -3.70. The molecule has 0 bridgehead atoms. The summed E-state index contributed by atoms with van der Waals surface area (Å²) in [5.74, 6) is 0.203. The molecular formula is C14H18FN3O2S. The molecule has 0 atom stereocenters. The molecule has 114 valence electrons. The Bertz CT molecular complexity index is 745. The van der Waals surface area contributed by atoms with Crippen molar-refractivity contribution < 1.29 is 12.8 Å². The standard InChI is InChI=1S/C14H18FN3O2S/c1-10-7-12(15)8-11(2)14(10)21(19,20)18(4)9-13-16-5-6-17(13)3/h5-8H,9H2,1-4H3. The molecule has 0 amide bonds. The Hall–Kier alpha value is -1.73. The van der Waals surface area contributed by atoms with E-state index in [0.717, 1.165) is 0 Å². The van der Waals surface area contributed by atoms with Crippen molar-refractivity contribution in [3.05, 3.63) is 47.3 Å². The highest BCUT2D eigenvalue weighted by molar-refractivity contribution is 7.89. The van der Waals surface area contributed by atoms with Crippen LogP contribution >= 0.6 is 0 Å². The summed E-state index contributed by atoms with van der Waals surface area (Å²) >= 11 is 0. The second kappa shape index (κ2) is 5.57. The van der Waals surface area contributed by atoms with Crippen molar-refractivity contribution in [1.29, 1.82) is 0 Å². The van der Waals surface area contributed by atoms with E-state index < -0.39 is 15.8 Å². The van der Waals surface area contributed by atoms with E-state index in [0.29, 0.717) is 17.0 Å². The first-order valence-electron chi connectivity index (χ1n) is 6.42. The molecule has 0 unspecified atom stereocenters. The van der Waals surface area contributed by atoms with E-state index in [1.54, 1.807) is 37.9 Å². The lowest BCUT2D eigenvalue weighted by molar-refractivity contribution is 0.450. The van der Waals surface area contributed by atoms with Gasteiger partial charge in [0.2, 0.25) is 10.0 Å². The van der Waals surface area contributed by atoms with Crippen molar-refractivity contribution in [2.24, 2.45) is 7.05 Å². The van der Waals surface area contributed by atoms with Gasteiger partial charge in [0, 0.05) is 26.5 Å². The maximum atomic E-state index is 13.3. The largest absolute Gasteiger partial charge is 0.337 e. The fourth-order valence-corrected chi connectivity index (χ4v) is 3.82. The molecule has 0 spiro atoms. The quantitative estimate of drug-likeness (QED) is 0.868. The van der Waals surface area contributed by atoms with Crippen LogP contribution < -0.4 is 0 Å². The summed E-state index contributed by atoms with van der Waals surface area (Å²) in [5.41, 5.74) is 0.804. The molecule has 0 saturated heterocycles. The number of rotatable bonds is 4. The van der Waals surface area contributed by atoms with Gasteiger partial charge in [0.05, 0.1) is 11.4 Å². The molecule has 0 N–H and O–H groups in total. The van der Waals surface area contributed by atoms with Crippen molar-refractivity contribution in [3.8, 4) is 0 Å². The lowest BCUT2D eigenvalue weighted by Gasteiger charge is -2.20. The fourth-order valence-electron chi connectivity index (χ4n) is 2.29. The SMILES string of the molecule is Cc1cc(F)cc(C)c1S(=O)(=O)N(C)Cc1nccn1C. The third-order valence-electron chi connectivity index (χ3n) is 3.38. The molecule has 2 aromatic rings. The fraction of sp³-hybridized carbons (Fsp3) is 0.357. The summed E-state index contributed by atoms with van der Waals surface area (Å²) in [6.07, 6.45) is 3.37. The summed E-state index contributed by atoms with van der Waals surface area (Å²) in [5, 5.41) is 0. The highest BCUT2D eigenvalue weighted by Gasteiger charge is 2.26. The zero-order valence-corrected chi connectivity index (χ0v) is 13.3. The van der Waals surface area contributed by atoms with Gasteiger partial charge in [0.15, 0.2) is 0 Å². The van der Waals surface area contributed by atoms with Crippen LogP contribution in [0.1, 0.15) is 17.0 Å². The topological polar surface area (TPSA) is 55.2 Å². The summed E-state index contributed by atoms with van der Waals surface area (Å²) in [6.45, 7) is 3.34. The number of aryl methyl sites for hydroxylation is 3. The highest BCUT2D eigenvalue weighted by Crippen LogP contribution is 2.25. The predicted octanol–water partition coefficient (Wildman–Crippen LogP) is 2.00. The van der Waals surface area contributed by atoms with Crippen molar-refractivity contribution >= 4 is 10.0 Å². The Morgan fingerprint density at radius 2 is 1.86 bits per heavy atom. The molecule has 21 heavy (non-hydrogen) atoms. The van der Waals surface area contributed by atoms with Crippen LogP contribution in [0.3, 0.4) is 0 Å². The highest BCUT2D eigenvalue weighted by atomic mass is 32.2. The molecular weight excluding hydrogens is 293 g/mol. The van der Waals surface area contributed by atoms with Gasteiger partial charge in [0.1, 0.15) is 11.6 Å². The molecule has 0 fully saturated rings. The average molecular weight is 311 g/mol. The first-order chi connectivity index (χ1) is 9.73.